The molecule has 0 heterocycles. The van der Waals surface area contributed by atoms with Crippen LogP contribution in [-0.2, 0) is 44.6 Å². The third kappa shape index (κ3) is 9.98. The summed E-state index contributed by atoms with van der Waals surface area (Å²) in [4.78, 5) is 80.6. The Morgan fingerprint density at radius 2 is 0.966 bits per heavy atom. The van der Waals surface area contributed by atoms with Gasteiger partial charge in [-0.1, -0.05) is 42.5 Å². The molecule has 0 radical (unpaired) electrons. The van der Waals surface area contributed by atoms with Gasteiger partial charge in [0.1, 0.15) is 23.6 Å². The van der Waals surface area contributed by atoms with Crippen LogP contribution in [0.25, 0.3) is 0 Å². The number of carbonyl (C=O) groups is 6. The van der Waals surface area contributed by atoms with Crippen LogP contribution in [-0.4, -0.2) is 72.7 Å². The molecule has 0 bridgehead atoms. The van der Waals surface area contributed by atoms with E-state index in [1.54, 1.807) is 53.7 Å². The first kappa shape index (κ1) is 43.2. The lowest BCUT2D eigenvalue weighted by Gasteiger charge is -2.22. The van der Waals surface area contributed by atoms with Crippen LogP contribution in [0.3, 0.4) is 0 Å². The summed E-state index contributed by atoms with van der Waals surface area (Å²) >= 11 is 0. The molecule has 2 amide bonds. The molecule has 0 aliphatic heterocycles. The number of methoxy groups -OCH3 is 2. The molecular formula is C44H46N2O13. The number of carbonyl (C=O) groups excluding carboxylic acids is 6. The van der Waals surface area contributed by atoms with Gasteiger partial charge in [0.25, 0.3) is 11.2 Å². The predicted octanol–water partition coefficient (Wildman–Crippen LogP) is 7.59. The van der Waals surface area contributed by atoms with E-state index in [4.69, 9.17) is 33.2 Å². The summed E-state index contributed by atoms with van der Waals surface area (Å²) in [5.41, 5.74) is -5.25. The average Bonchev–Trinajstić information content (AvgIpc) is 3.77. The minimum atomic E-state index is -2.61. The third-order valence-corrected chi connectivity index (χ3v) is 8.76. The van der Waals surface area contributed by atoms with Crippen molar-refractivity contribution in [3.63, 3.8) is 0 Å². The zero-order valence-electron chi connectivity index (χ0n) is 33.9. The second kappa shape index (κ2) is 17.3. The molecule has 0 saturated heterocycles. The number of hydrogen-bond acceptors (Lipinski definition) is 13. The minimum absolute atomic E-state index is 0.100. The SMILES string of the molecule is COC(=O)C1(OC(=O)c2ccc(NC(=O)OC(C)(C)C)cc2)C(c2ccc(OCc3ccccc3)cc2)C1(OC(=O)c1ccc(NC(=O)OC(C)(C)C)cc1)C(=O)OC. The third-order valence-electron chi connectivity index (χ3n) is 8.76. The maximum atomic E-state index is 14.0. The number of benzene rings is 4. The first-order valence-corrected chi connectivity index (χ1v) is 18.4. The van der Waals surface area contributed by atoms with Gasteiger partial charge in [-0.25, -0.2) is 28.8 Å². The summed E-state index contributed by atoms with van der Waals surface area (Å²) in [6, 6.07) is 26.5. The van der Waals surface area contributed by atoms with Crippen molar-refractivity contribution >= 4 is 47.4 Å². The molecule has 4 aromatic rings. The van der Waals surface area contributed by atoms with Gasteiger partial charge < -0.3 is 33.2 Å². The number of rotatable bonds is 12. The van der Waals surface area contributed by atoms with Crippen molar-refractivity contribution in [2.75, 3.05) is 24.9 Å². The van der Waals surface area contributed by atoms with Crippen molar-refractivity contribution in [3.05, 3.63) is 125 Å². The molecule has 310 valence electrons. The fraction of sp³-hybridized carbons (Fsp3) is 0.318. The molecule has 2 unspecified atom stereocenters. The van der Waals surface area contributed by atoms with Crippen molar-refractivity contribution in [2.24, 2.45) is 0 Å². The average molecular weight is 811 g/mol. The Bertz CT molecular complexity index is 2060. The van der Waals surface area contributed by atoms with Crippen LogP contribution >= 0.6 is 0 Å². The van der Waals surface area contributed by atoms with Gasteiger partial charge in [0, 0.05) is 11.4 Å². The van der Waals surface area contributed by atoms with E-state index < -0.39 is 64.4 Å². The molecule has 2 atom stereocenters. The van der Waals surface area contributed by atoms with Crippen LogP contribution in [0.5, 0.6) is 5.75 Å². The molecule has 0 spiro atoms. The smallest absolute Gasteiger partial charge is 0.412 e. The number of esters is 4. The molecule has 4 aromatic carbocycles. The summed E-state index contributed by atoms with van der Waals surface area (Å²) in [5.74, 6) is -5.72. The normalized spacial score (nSPS) is 18.3. The second-order valence-electron chi connectivity index (χ2n) is 15.4. The van der Waals surface area contributed by atoms with Crippen LogP contribution < -0.4 is 15.4 Å². The summed E-state index contributed by atoms with van der Waals surface area (Å²) in [6.45, 7) is 10.5. The van der Waals surface area contributed by atoms with E-state index in [0.717, 1.165) is 19.8 Å². The molecule has 1 fully saturated rings. The lowest BCUT2D eigenvalue weighted by Crippen LogP contribution is -2.47. The van der Waals surface area contributed by atoms with E-state index in [9.17, 15) is 28.8 Å². The summed E-state index contributed by atoms with van der Waals surface area (Å²) in [7, 11) is 2.04. The van der Waals surface area contributed by atoms with E-state index in [-0.39, 0.29) is 34.7 Å². The molecule has 1 aliphatic rings. The van der Waals surface area contributed by atoms with Crippen LogP contribution in [0.4, 0.5) is 21.0 Å². The molecule has 2 N–H and O–H groups in total. The Labute approximate surface area is 341 Å². The topological polar surface area (TPSA) is 191 Å². The fourth-order valence-corrected chi connectivity index (χ4v) is 6.22. The summed E-state index contributed by atoms with van der Waals surface area (Å²) < 4.78 is 38.7. The first-order chi connectivity index (χ1) is 27.8. The van der Waals surface area contributed by atoms with Gasteiger partial charge in [-0.05, 0) is 113 Å². The van der Waals surface area contributed by atoms with Gasteiger partial charge >= 0.3 is 36.1 Å². The number of anilines is 2. The first-order valence-electron chi connectivity index (χ1n) is 18.4. The fourth-order valence-electron chi connectivity index (χ4n) is 6.22. The Morgan fingerprint density at radius 3 is 1.34 bits per heavy atom. The quantitative estimate of drug-likeness (QED) is 0.105. The Morgan fingerprint density at radius 1 is 0.559 bits per heavy atom. The van der Waals surface area contributed by atoms with Crippen LogP contribution in [0.1, 0.15) is 79.3 Å². The molecule has 15 nitrogen and oxygen atoms in total. The van der Waals surface area contributed by atoms with Crippen LogP contribution in [0, 0.1) is 0 Å². The van der Waals surface area contributed by atoms with Crippen molar-refractivity contribution in [1.82, 2.24) is 0 Å². The van der Waals surface area contributed by atoms with Gasteiger partial charge in [0.05, 0.1) is 31.3 Å². The Kier molecular flexibility index (Phi) is 12.7. The summed E-state index contributed by atoms with van der Waals surface area (Å²) in [5, 5.41) is 5.11. The van der Waals surface area contributed by atoms with Crippen molar-refractivity contribution in [2.45, 2.75) is 76.5 Å². The number of hydrogen-bond donors (Lipinski definition) is 2. The highest BCUT2D eigenvalue weighted by atomic mass is 16.7. The lowest BCUT2D eigenvalue weighted by atomic mass is 10.1. The largest absolute Gasteiger partial charge is 0.489 e. The van der Waals surface area contributed by atoms with E-state index in [0.29, 0.717) is 5.75 Å². The summed E-state index contributed by atoms with van der Waals surface area (Å²) in [6.07, 6.45) is -1.46. The Hall–Kier alpha value is -6.90. The standard InChI is InChI=1S/C44H46N2O13/c1-41(2,3)58-39(51)45-31-20-14-29(15-21-31)35(47)56-43(37(49)53-7)34(28-18-24-33(25-19-28)55-26-27-12-10-9-11-13-27)44(43,38(50)54-8)57-36(48)30-16-22-32(23-17-30)46-40(52)59-42(4,5)6/h9-25,34H,26H2,1-8H3,(H,45,51)(H,46,52). The van der Waals surface area contributed by atoms with E-state index in [2.05, 4.69) is 10.6 Å². The molecule has 59 heavy (non-hydrogen) atoms. The van der Waals surface area contributed by atoms with Crippen molar-refractivity contribution < 1.29 is 61.9 Å². The van der Waals surface area contributed by atoms with Crippen LogP contribution in [0.15, 0.2) is 103 Å². The van der Waals surface area contributed by atoms with Gasteiger partial charge in [0.2, 0.25) is 0 Å². The monoisotopic (exact) mass is 810 g/mol. The van der Waals surface area contributed by atoms with Gasteiger partial charge in [-0.3, -0.25) is 10.6 Å². The van der Waals surface area contributed by atoms with Gasteiger partial charge in [-0.15, -0.1) is 0 Å². The van der Waals surface area contributed by atoms with E-state index in [1.165, 1.54) is 60.7 Å². The molecular weight excluding hydrogens is 764 g/mol. The number of nitrogens with one attached hydrogen (secondary N) is 2. The molecule has 1 saturated carbocycles. The maximum Gasteiger partial charge on any atom is 0.412 e. The van der Waals surface area contributed by atoms with Gasteiger partial charge in [-0.2, -0.15) is 0 Å². The van der Waals surface area contributed by atoms with Crippen molar-refractivity contribution in [1.29, 1.82) is 0 Å². The number of ether oxygens (including phenoxy) is 7. The second-order valence-corrected chi connectivity index (χ2v) is 15.4. The zero-order valence-corrected chi connectivity index (χ0v) is 33.9. The zero-order chi connectivity index (χ0) is 43.2. The van der Waals surface area contributed by atoms with E-state index in [1.807, 2.05) is 30.3 Å². The highest BCUT2D eigenvalue weighted by Gasteiger charge is 2.93. The highest BCUT2D eigenvalue weighted by Crippen LogP contribution is 2.67. The molecule has 1 aliphatic carbocycles. The number of amides is 2. The molecule has 0 aromatic heterocycles. The van der Waals surface area contributed by atoms with E-state index >= 15 is 0 Å². The van der Waals surface area contributed by atoms with Gasteiger partial charge in [0.15, 0.2) is 0 Å². The maximum absolute atomic E-state index is 14.0. The predicted molar refractivity (Wildman–Crippen MR) is 213 cm³/mol. The molecule has 15 heteroatoms. The van der Waals surface area contributed by atoms with Crippen molar-refractivity contribution in [3.8, 4) is 5.75 Å². The van der Waals surface area contributed by atoms with Crippen LogP contribution in [0.2, 0.25) is 0 Å². The Balaban J connectivity index is 1.50. The minimum Gasteiger partial charge on any atom is -0.489 e. The molecule has 5 rings (SSSR count). The highest BCUT2D eigenvalue weighted by molar-refractivity contribution is 6.08. The lowest BCUT2D eigenvalue weighted by molar-refractivity contribution is -0.170.